The minimum Gasteiger partial charge on any atom is -0.542 e. The fourth-order valence-corrected chi connectivity index (χ4v) is 1.41. The van der Waals surface area contributed by atoms with Gasteiger partial charge in [0.2, 0.25) is 0 Å². The molecule has 0 aliphatic heterocycles. The molecule has 2 heteroatoms. The van der Waals surface area contributed by atoms with Crippen LogP contribution in [0.1, 0.15) is 12.0 Å². The maximum atomic E-state index is 9.84. The standard InChI is InChI=1S/C9H8O.2C5H5.Zr/c10-8-4-7-9-5-2-1-3-6-9;2*1-2-4-5-3-1;/h1-3,5H,4,7H2;2*1-5H;/q-2;;;+2. The molecule has 104 valence electrons. The molecule has 0 bridgehead atoms. The Bertz CT molecular complexity index is 290. The molecule has 2 fully saturated rings. The molecule has 2 aliphatic carbocycles. The van der Waals surface area contributed by atoms with E-state index in [-0.39, 0.29) is 26.2 Å². The van der Waals surface area contributed by atoms with Crippen molar-refractivity contribution >= 4 is 6.29 Å². The molecule has 0 amide bonds. The fraction of sp³-hybridized carbons (Fsp3) is 0.105. The largest absolute Gasteiger partial charge is 2.00 e. The van der Waals surface area contributed by atoms with Crippen molar-refractivity contribution in [3.05, 3.63) is 100 Å². The molecule has 0 spiro atoms. The Morgan fingerprint density at radius 2 is 1.29 bits per heavy atom. The molecule has 0 N–H and O–H groups in total. The number of hydrogen-bond donors (Lipinski definition) is 0. The molecular formula is C19H18OZr. The van der Waals surface area contributed by atoms with E-state index in [1.165, 1.54) is 0 Å². The molecule has 0 atom stereocenters. The van der Waals surface area contributed by atoms with E-state index in [2.05, 4.69) is 6.07 Å². The normalized spacial score (nSPS) is 15.8. The third-order valence-corrected chi connectivity index (χ3v) is 2.38. The Hall–Kier alpha value is -0.227. The van der Waals surface area contributed by atoms with Crippen LogP contribution in [0.4, 0.5) is 0 Å². The van der Waals surface area contributed by atoms with Gasteiger partial charge in [-0.2, -0.15) is 42.3 Å². The zero-order valence-electron chi connectivity index (χ0n) is 11.9. The summed E-state index contributed by atoms with van der Waals surface area (Å²) in [5, 5.41) is 0. The number of rotatable bonds is 3. The van der Waals surface area contributed by atoms with E-state index in [0.29, 0.717) is 6.42 Å². The zero-order chi connectivity index (χ0) is 14.3. The van der Waals surface area contributed by atoms with Gasteiger partial charge in [-0.15, -0.1) is 0 Å². The predicted octanol–water partition coefficient (Wildman–Crippen LogP) is 3.57. The van der Waals surface area contributed by atoms with Crippen molar-refractivity contribution in [2.24, 2.45) is 0 Å². The number of carbonyl (C=O) groups excluding carboxylic acids is 1. The summed E-state index contributed by atoms with van der Waals surface area (Å²) in [5.41, 5.74) is 1.07. The molecule has 1 aromatic rings. The molecule has 0 aromatic heterocycles. The van der Waals surface area contributed by atoms with Crippen molar-refractivity contribution in [3.8, 4) is 0 Å². The summed E-state index contributed by atoms with van der Waals surface area (Å²) in [4.78, 5) is 9.84. The van der Waals surface area contributed by atoms with Gasteiger partial charge in [0.25, 0.3) is 0 Å². The third kappa shape index (κ3) is 13.2. The van der Waals surface area contributed by atoms with Crippen LogP contribution in [0.3, 0.4) is 0 Å². The predicted molar refractivity (Wildman–Crippen MR) is 82.3 cm³/mol. The molecule has 21 heavy (non-hydrogen) atoms. The van der Waals surface area contributed by atoms with E-state index in [1.807, 2.05) is 94.8 Å². The van der Waals surface area contributed by atoms with Gasteiger partial charge in [0, 0.05) is 0 Å². The van der Waals surface area contributed by atoms with Gasteiger partial charge in [0.1, 0.15) is 0 Å². The van der Waals surface area contributed by atoms with Crippen LogP contribution in [0.25, 0.3) is 0 Å². The van der Waals surface area contributed by atoms with Crippen LogP contribution >= 0.6 is 0 Å². The molecule has 2 aliphatic rings. The van der Waals surface area contributed by atoms with E-state index >= 15 is 0 Å². The minimum atomic E-state index is 0. The zero-order valence-corrected chi connectivity index (χ0v) is 14.4. The van der Waals surface area contributed by atoms with E-state index < -0.39 is 0 Å². The Morgan fingerprint density at radius 3 is 1.62 bits per heavy atom. The van der Waals surface area contributed by atoms with E-state index in [1.54, 1.807) is 0 Å². The Kier molecular flexibility index (Phi) is 16.0. The molecule has 2 saturated carbocycles. The maximum Gasteiger partial charge on any atom is 2.00 e. The molecule has 0 saturated heterocycles. The van der Waals surface area contributed by atoms with Gasteiger partial charge in [-0.3, -0.25) is 6.29 Å². The van der Waals surface area contributed by atoms with Gasteiger partial charge in [-0.25, -0.2) is 0 Å². The van der Waals surface area contributed by atoms with Crippen molar-refractivity contribution in [3.63, 3.8) is 0 Å². The first-order chi connectivity index (χ1) is 9.93. The van der Waals surface area contributed by atoms with Crippen LogP contribution < -0.4 is 0 Å². The van der Waals surface area contributed by atoms with Crippen molar-refractivity contribution in [2.45, 2.75) is 12.8 Å². The maximum absolute atomic E-state index is 9.84. The van der Waals surface area contributed by atoms with Gasteiger partial charge in [0.05, 0.1) is 0 Å². The average molecular weight is 354 g/mol. The van der Waals surface area contributed by atoms with Crippen LogP contribution in [0, 0.1) is 70.3 Å². The second kappa shape index (κ2) is 16.1. The van der Waals surface area contributed by atoms with E-state index in [0.717, 1.165) is 12.0 Å². The summed E-state index contributed by atoms with van der Waals surface area (Å²) in [6.07, 6.45) is 23.1. The summed E-state index contributed by atoms with van der Waals surface area (Å²) in [6, 6.07) is 10.7. The van der Waals surface area contributed by atoms with Crippen molar-refractivity contribution < 1.29 is 31.0 Å². The number of benzene rings is 1. The second-order valence-corrected chi connectivity index (χ2v) is 3.96. The molecule has 0 unspecified atom stereocenters. The monoisotopic (exact) mass is 352 g/mol. The van der Waals surface area contributed by atoms with Gasteiger partial charge in [0.15, 0.2) is 0 Å². The van der Waals surface area contributed by atoms with Crippen LogP contribution in [-0.2, 0) is 37.4 Å². The van der Waals surface area contributed by atoms with Gasteiger partial charge >= 0.3 is 26.2 Å². The summed E-state index contributed by atoms with van der Waals surface area (Å²) in [7, 11) is 0. The van der Waals surface area contributed by atoms with Crippen molar-refractivity contribution in [1.82, 2.24) is 0 Å². The summed E-state index contributed by atoms with van der Waals surface area (Å²) in [6.45, 7) is 0. The van der Waals surface area contributed by atoms with Crippen molar-refractivity contribution in [1.29, 1.82) is 0 Å². The number of aryl methyl sites for hydroxylation is 1. The SMILES string of the molecule is O=[C-]CCc1[c-]cccc1.[CH]1[CH][CH][CH][CH]1.[CH]1[CH][CH][CH][CH]1.[Zr+2]. The van der Waals surface area contributed by atoms with E-state index in [4.69, 9.17) is 0 Å². The quantitative estimate of drug-likeness (QED) is 0.759. The Labute approximate surface area is 150 Å². The van der Waals surface area contributed by atoms with Gasteiger partial charge < -0.3 is 4.79 Å². The van der Waals surface area contributed by atoms with Gasteiger partial charge in [-0.05, 0) is 64.2 Å². The van der Waals surface area contributed by atoms with E-state index in [9.17, 15) is 4.79 Å². The second-order valence-electron chi connectivity index (χ2n) is 3.96. The molecular weight excluding hydrogens is 335 g/mol. The van der Waals surface area contributed by atoms with Crippen LogP contribution in [-0.4, -0.2) is 6.29 Å². The molecule has 3 rings (SSSR count). The minimum absolute atomic E-state index is 0. The summed E-state index contributed by atoms with van der Waals surface area (Å²) < 4.78 is 0. The van der Waals surface area contributed by atoms with Crippen molar-refractivity contribution in [2.75, 3.05) is 0 Å². The molecule has 10 radical (unpaired) electrons. The van der Waals surface area contributed by atoms with Crippen LogP contribution in [0.15, 0.2) is 24.3 Å². The Morgan fingerprint density at radius 1 is 0.810 bits per heavy atom. The van der Waals surface area contributed by atoms with Crippen LogP contribution in [0.2, 0.25) is 0 Å². The summed E-state index contributed by atoms with van der Waals surface area (Å²) >= 11 is 0. The van der Waals surface area contributed by atoms with Gasteiger partial charge in [-0.1, -0.05) is 6.42 Å². The first-order valence-corrected chi connectivity index (χ1v) is 6.57. The Balaban J connectivity index is 0.000000307. The molecule has 0 heterocycles. The first kappa shape index (κ1) is 20.8. The summed E-state index contributed by atoms with van der Waals surface area (Å²) in [5.74, 6) is 0. The fourth-order valence-electron chi connectivity index (χ4n) is 1.41. The smallest absolute Gasteiger partial charge is 0.542 e. The third-order valence-electron chi connectivity index (χ3n) is 2.38. The topological polar surface area (TPSA) is 17.1 Å². The average Bonchev–Trinajstić information content (AvgIpc) is 3.23. The molecule has 1 aromatic carbocycles. The molecule has 1 nitrogen and oxygen atoms in total. The van der Waals surface area contributed by atoms with Crippen LogP contribution in [0.5, 0.6) is 0 Å². The number of hydrogen-bond acceptors (Lipinski definition) is 1. The first-order valence-electron chi connectivity index (χ1n) is 6.57.